The molecule has 0 amide bonds. The summed E-state index contributed by atoms with van der Waals surface area (Å²) in [6.07, 6.45) is 2.77. The topological polar surface area (TPSA) is 26.0 Å². The first-order valence-electron chi connectivity index (χ1n) is 6.45. The standard InChI is InChI=1S/C15H21N/c1-15(2)13(9-16)14(15)12-6-4-3-5-11(12)10-7-8-10/h3-6,10,13-14H,7-9,16H2,1-2H3. The zero-order valence-electron chi connectivity index (χ0n) is 10.2. The van der Waals surface area contributed by atoms with Crippen LogP contribution in [0.5, 0.6) is 0 Å². The highest BCUT2D eigenvalue weighted by atomic mass is 14.7. The van der Waals surface area contributed by atoms with Gasteiger partial charge in [0.1, 0.15) is 0 Å². The zero-order chi connectivity index (χ0) is 11.3. The fourth-order valence-corrected chi connectivity index (χ4v) is 3.36. The second-order valence-electron chi connectivity index (χ2n) is 6.04. The molecule has 2 unspecified atom stereocenters. The number of hydrogen-bond acceptors (Lipinski definition) is 1. The number of benzene rings is 1. The third-order valence-corrected chi connectivity index (χ3v) is 4.65. The van der Waals surface area contributed by atoms with E-state index in [1.165, 1.54) is 12.8 Å². The minimum Gasteiger partial charge on any atom is -0.330 e. The van der Waals surface area contributed by atoms with Crippen LogP contribution in [0.4, 0.5) is 0 Å². The molecule has 1 aromatic rings. The minimum absolute atomic E-state index is 0.416. The highest BCUT2D eigenvalue weighted by Crippen LogP contribution is 2.65. The Hall–Kier alpha value is -0.820. The molecule has 1 nitrogen and oxygen atoms in total. The van der Waals surface area contributed by atoms with Gasteiger partial charge in [-0.25, -0.2) is 0 Å². The van der Waals surface area contributed by atoms with Crippen molar-refractivity contribution >= 4 is 0 Å². The molecule has 0 bridgehead atoms. The van der Waals surface area contributed by atoms with Crippen LogP contribution in [0, 0.1) is 11.3 Å². The molecule has 0 radical (unpaired) electrons. The van der Waals surface area contributed by atoms with Crippen LogP contribution in [-0.4, -0.2) is 6.54 Å². The van der Waals surface area contributed by atoms with Crippen molar-refractivity contribution in [3.8, 4) is 0 Å². The van der Waals surface area contributed by atoms with Gasteiger partial charge in [0.25, 0.3) is 0 Å². The normalized spacial score (nSPS) is 31.4. The van der Waals surface area contributed by atoms with Crippen molar-refractivity contribution in [3.05, 3.63) is 35.4 Å². The van der Waals surface area contributed by atoms with Crippen molar-refractivity contribution in [2.24, 2.45) is 17.1 Å². The van der Waals surface area contributed by atoms with Gasteiger partial charge in [-0.15, -0.1) is 0 Å². The van der Waals surface area contributed by atoms with E-state index in [1.807, 2.05) is 0 Å². The Bertz CT molecular complexity index is 404. The molecular weight excluding hydrogens is 194 g/mol. The molecule has 86 valence electrons. The molecule has 0 aromatic heterocycles. The first kappa shape index (κ1) is 10.3. The van der Waals surface area contributed by atoms with Crippen molar-refractivity contribution < 1.29 is 0 Å². The highest BCUT2D eigenvalue weighted by Gasteiger charge is 2.58. The molecule has 0 spiro atoms. The molecule has 2 aliphatic carbocycles. The highest BCUT2D eigenvalue weighted by molar-refractivity contribution is 5.41. The third-order valence-electron chi connectivity index (χ3n) is 4.65. The maximum atomic E-state index is 5.88. The smallest absolute Gasteiger partial charge is 0.00375 e. The van der Waals surface area contributed by atoms with Gasteiger partial charge in [0.05, 0.1) is 0 Å². The second-order valence-corrected chi connectivity index (χ2v) is 6.04. The lowest BCUT2D eigenvalue weighted by molar-refractivity contribution is 0.558. The summed E-state index contributed by atoms with van der Waals surface area (Å²) in [6, 6.07) is 9.03. The van der Waals surface area contributed by atoms with Crippen LogP contribution in [0.15, 0.2) is 24.3 Å². The summed E-state index contributed by atoms with van der Waals surface area (Å²) in [5, 5.41) is 0. The van der Waals surface area contributed by atoms with Gasteiger partial charge in [0.15, 0.2) is 0 Å². The predicted octanol–water partition coefficient (Wildman–Crippen LogP) is 3.26. The van der Waals surface area contributed by atoms with Crippen LogP contribution >= 0.6 is 0 Å². The van der Waals surface area contributed by atoms with Gasteiger partial charge in [0.2, 0.25) is 0 Å². The summed E-state index contributed by atoms with van der Waals surface area (Å²) in [7, 11) is 0. The maximum Gasteiger partial charge on any atom is -0.00375 e. The molecule has 2 atom stereocenters. The third kappa shape index (κ3) is 1.41. The Balaban J connectivity index is 1.95. The summed E-state index contributed by atoms with van der Waals surface area (Å²) >= 11 is 0. The molecule has 16 heavy (non-hydrogen) atoms. The average molecular weight is 215 g/mol. The van der Waals surface area contributed by atoms with E-state index in [2.05, 4.69) is 38.1 Å². The maximum absolute atomic E-state index is 5.88. The molecular formula is C15H21N. The van der Waals surface area contributed by atoms with E-state index in [-0.39, 0.29) is 0 Å². The monoisotopic (exact) mass is 215 g/mol. The van der Waals surface area contributed by atoms with Gasteiger partial charge in [-0.05, 0) is 53.7 Å². The van der Waals surface area contributed by atoms with Gasteiger partial charge in [-0.1, -0.05) is 38.1 Å². The SMILES string of the molecule is CC1(C)C(CN)C1c1ccccc1C1CC1. The molecule has 3 rings (SSSR count). The Morgan fingerprint density at radius 1 is 1.19 bits per heavy atom. The fourth-order valence-electron chi connectivity index (χ4n) is 3.36. The van der Waals surface area contributed by atoms with Crippen LogP contribution in [-0.2, 0) is 0 Å². The van der Waals surface area contributed by atoms with Gasteiger partial charge in [-0.3, -0.25) is 0 Å². The van der Waals surface area contributed by atoms with E-state index in [4.69, 9.17) is 5.73 Å². The zero-order valence-corrected chi connectivity index (χ0v) is 10.2. The average Bonchev–Trinajstić information content (AvgIpc) is 3.14. The van der Waals surface area contributed by atoms with E-state index >= 15 is 0 Å². The van der Waals surface area contributed by atoms with E-state index < -0.39 is 0 Å². The lowest BCUT2D eigenvalue weighted by Crippen LogP contribution is -2.05. The summed E-state index contributed by atoms with van der Waals surface area (Å²) < 4.78 is 0. The second kappa shape index (κ2) is 3.33. The number of rotatable bonds is 3. The van der Waals surface area contributed by atoms with Gasteiger partial charge in [-0.2, -0.15) is 0 Å². The predicted molar refractivity (Wildman–Crippen MR) is 67.5 cm³/mol. The van der Waals surface area contributed by atoms with Crippen molar-refractivity contribution in [1.29, 1.82) is 0 Å². The molecule has 1 aromatic carbocycles. The lowest BCUT2D eigenvalue weighted by atomic mass is 9.95. The van der Waals surface area contributed by atoms with Crippen LogP contribution in [0.3, 0.4) is 0 Å². The van der Waals surface area contributed by atoms with Crippen molar-refractivity contribution in [1.82, 2.24) is 0 Å². The molecule has 2 saturated carbocycles. The van der Waals surface area contributed by atoms with E-state index in [1.54, 1.807) is 11.1 Å². The van der Waals surface area contributed by atoms with E-state index in [0.717, 1.165) is 12.5 Å². The summed E-state index contributed by atoms with van der Waals surface area (Å²) in [5.74, 6) is 2.24. The lowest BCUT2D eigenvalue weighted by Gasteiger charge is -2.09. The molecule has 0 aliphatic heterocycles. The fraction of sp³-hybridized carbons (Fsp3) is 0.600. The summed E-state index contributed by atoms with van der Waals surface area (Å²) in [6.45, 7) is 5.55. The first-order valence-corrected chi connectivity index (χ1v) is 6.45. The molecule has 0 saturated heterocycles. The van der Waals surface area contributed by atoms with Crippen molar-refractivity contribution in [3.63, 3.8) is 0 Å². The Morgan fingerprint density at radius 2 is 1.81 bits per heavy atom. The van der Waals surface area contributed by atoms with Gasteiger partial charge in [0, 0.05) is 0 Å². The molecule has 2 fully saturated rings. The van der Waals surface area contributed by atoms with Gasteiger partial charge < -0.3 is 5.73 Å². The van der Waals surface area contributed by atoms with Crippen LogP contribution < -0.4 is 5.73 Å². The molecule has 2 N–H and O–H groups in total. The number of nitrogens with two attached hydrogens (primary N) is 1. The largest absolute Gasteiger partial charge is 0.330 e. The summed E-state index contributed by atoms with van der Waals surface area (Å²) in [5.41, 5.74) is 9.49. The van der Waals surface area contributed by atoms with Gasteiger partial charge >= 0.3 is 0 Å². The minimum atomic E-state index is 0.416. The Kier molecular flexibility index (Phi) is 2.16. The Labute approximate surface area is 98.0 Å². The van der Waals surface area contributed by atoms with Crippen molar-refractivity contribution in [2.45, 2.75) is 38.5 Å². The van der Waals surface area contributed by atoms with Crippen LogP contribution in [0.25, 0.3) is 0 Å². The molecule has 1 heteroatoms. The molecule has 2 aliphatic rings. The quantitative estimate of drug-likeness (QED) is 0.823. The summed E-state index contributed by atoms with van der Waals surface area (Å²) in [4.78, 5) is 0. The van der Waals surface area contributed by atoms with E-state index in [9.17, 15) is 0 Å². The van der Waals surface area contributed by atoms with Crippen LogP contribution in [0.2, 0.25) is 0 Å². The van der Waals surface area contributed by atoms with Crippen LogP contribution in [0.1, 0.15) is 49.7 Å². The van der Waals surface area contributed by atoms with Crippen molar-refractivity contribution in [2.75, 3.05) is 6.54 Å². The first-order chi connectivity index (χ1) is 7.66. The van der Waals surface area contributed by atoms with E-state index in [0.29, 0.717) is 17.3 Å². The molecule has 0 heterocycles. The Morgan fingerprint density at radius 3 is 2.31 bits per heavy atom. The number of hydrogen-bond donors (Lipinski definition) is 1.